The number of anilines is 1. The van der Waals surface area contributed by atoms with Crippen LogP contribution in [0.15, 0.2) is 57.9 Å². The van der Waals surface area contributed by atoms with Crippen LogP contribution < -0.4 is 9.62 Å². The summed E-state index contributed by atoms with van der Waals surface area (Å²) in [6.45, 7) is 3.85. The van der Waals surface area contributed by atoms with Crippen LogP contribution in [0.2, 0.25) is 0 Å². The van der Waals surface area contributed by atoms with Gasteiger partial charge in [0.2, 0.25) is 0 Å². The summed E-state index contributed by atoms with van der Waals surface area (Å²) in [5, 5.41) is 0. The summed E-state index contributed by atoms with van der Waals surface area (Å²) in [4.78, 5) is 16.9. The lowest BCUT2D eigenvalue weighted by atomic mass is 10.1. The number of benzene rings is 2. The molecular weight excluding hydrogens is 418 g/mol. The summed E-state index contributed by atoms with van der Waals surface area (Å²) in [5.41, 5.74) is 1.34. The highest BCUT2D eigenvalue weighted by Crippen LogP contribution is 2.19. The van der Waals surface area contributed by atoms with Crippen LogP contribution in [0.25, 0.3) is 0 Å². The first-order chi connectivity index (χ1) is 12.3. The van der Waals surface area contributed by atoms with Gasteiger partial charge in [0.25, 0.3) is 15.9 Å². The lowest BCUT2D eigenvalue weighted by Gasteiger charge is -2.34. The maximum absolute atomic E-state index is 12.3. The molecule has 138 valence electrons. The molecule has 2 aromatic carbocycles. The minimum absolute atomic E-state index is 0.0364. The Morgan fingerprint density at radius 1 is 1.04 bits per heavy atom. The Bertz CT molecular complexity index is 892. The van der Waals surface area contributed by atoms with Crippen LogP contribution in [0.1, 0.15) is 10.4 Å². The molecule has 8 heteroatoms. The predicted octanol–water partition coefficient (Wildman–Crippen LogP) is 2.32. The summed E-state index contributed by atoms with van der Waals surface area (Å²) < 4.78 is 27.4. The third kappa shape index (κ3) is 4.44. The average Bonchev–Trinajstić information content (AvgIpc) is 2.62. The smallest absolute Gasteiger partial charge is 0.264 e. The molecule has 0 aliphatic carbocycles. The van der Waals surface area contributed by atoms with Gasteiger partial charge in [-0.15, -0.1) is 0 Å². The van der Waals surface area contributed by atoms with E-state index in [4.69, 9.17) is 0 Å². The average molecular weight is 438 g/mol. The van der Waals surface area contributed by atoms with Gasteiger partial charge >= 0.3 is 0 Å². The molecule has 0 bridgehead atoms. The van der Waals surface area contributed by atoms with E-state index in [0.29, 0.717) is 10.0 Å². The fourth-order valence-electron chi connectivity index (χ4n) is 2.76. The molecule has 1 saturated heterocycles. The van der Waals surface area contributed by atoms with Crippen molar-refractivity contribution < 1.29 is 13.2 Å². The van der Waals surface area contributed by atoms with Crippen molar-refractivity contribution in [1.82, 2.24) is 9.62 Å². The van der Waals surface area contributed by atoms with Gasteiger partial charge in [0.15, 0.2) is 0 Å². The fourth-order valence-corrected chi connectivity index (χ4v) is 4.33. The molecule has 26 heavy (non-hydrogen) atoms. The monoisotopic (exact) mass is 437 g/mol. The first kappa shape index (κ1) is 18.9. The predicted molar refractivity (Wildman–Crippen MR) is 105 cm³/mol. The van der Waals surface area contributed by atoms with Crippen LogP contribution >= 0.6 is 15.9 Å². The maximum Gasteiger partial charge on any atom is 0.264 e. The summed E-state index contributed by atoms with van der Waals surface area (Å²) in [6.07, 6.45) is 0. The second kappa shape index (κ2) is 7.77. The van der Waals surface area contributed by atoms with Crippen molar-refractivity contribution in [3.8, 4) is 0 Å². The molecule has 0 radical (unpaired) electrons. The first-order valence-electron chi connectivity index (χ1n) is 8.21. The zero-order chi connectivity index (χ0) is 18.7. The number of carbonyl (C=O) groups is 1. The topological polar surface area (TPSA) is 69.7 Å². The zero-order valence-electron chi connectivity index (χ0n) is 14.4. The molecule has 0 spiro atoms. The minimum Gasteiger partial charge on any atom is -0.369 e. The number of halogens is 1. The Balaban J connectivity index is 1.70. The van der Waals surface area contributed by atoms with E-state index in [2.05, 4.69) is 37.5 Å². The second-order valence-corrected chi connectivity index (χ2v) is 8.83. The van der Waals surface area contributed by atoms with E-state index >= 15 is 0 Å². The van der Waals surface area contributed by atoms with Crippen LogP contribution in [0.5, 0.6) is 0 Å². The van der Waals surface area contributed by atoms with E-state index in [1.165, 1.54) is 12.1 Å². The second-order valence-electron chi connectivity index (χ2n) is 6.23. The van der Waals surface area contributed by atoms with Gasteiger partial charge in [-0.3, -0.25) is 4.79 Å². The van der Waals surface area contributed by atoms with Gasteiger partial charge in [0.1, 0.15) is 0 Å². The van der Waals surface area contributed by atoms with Gasteiger partial charge in [0.05, 0.1) is 4.90 Å². The quantitative estimate of drug-likeness (QED) is 0.794. The number of hydrogen-bond donors (Lipinski definition) is 1. The summed E-state index contributed by atoms with van der Waals surface area (Å²) in [7, 11) is -1.82. The first-order valence-corrected chi connectivity index (χ1v) is 10.5. The van der Waals surface area contributed by atoms with E-state index < -0.39 is 15.9 Å². The van der Waals surface area contributed by atoms with Crippen molar-refractivity contribution >= 4 is 37.5 Å². The lowest BCUT2D eigenvalue weighted by molar-refractivity contribution is 0.0981. The van der Waals surface area contributed by atoms with Gasteiger partial charge in [-0.25, -0.2) is 13.1 Å². The standard InChI is InChI=1S/C18H20BrN3O3S/c1-21-9-11-22(12-10-21)16-7-5-14(6-8-16)18(23)20-26(24,25)17-4-2-3-15(19)13-17/h2-8,13H,9-12H2,1H3,(H,20,23). The number of nitrogens with zero attached hydrogens (tertiary/aromatic N) is 2. The van der Waals surface area contributed by atoms with E-state index in [1.807, 2.05) is 12.1 Å². The third-order valence-electron chi connectivity index (χ3n) is 4.33. The maximum atomic E-state index is 12.3. The molecule has 0 saturated carbocycles. The SMILES string of the molecule is CN1CCN(c2ccc(C(=O)NS(=O)(=O)c3cccc(Br)c3)cc2)CC1. The number of rotatable bonds is 4. The molecule has 0 aromatic heterocycles. The molecule has 2 aromatic rings. The fraction of sp³-hybridized carbons (Fsp3) is 0.278. The summed E-state index contributed by atoms with van der Waals surface area (Å²) >= 11 is 3.23. The highest BCUT2D eigenvalue weighted by molar-refractivity contribution is 9.10. The molecule has 1 aliphatic heterocycles. The summed E-state index contributed by atoms with van der Waals surface area (Å²) in [6, 6.07) is 13.2. The highest BCUT2D eigenvalue weighted by Gasteiger charge is 2.19. The van der Waals surface area contributed by atoms with Crippen molar-refractivity contribution in [2.24, 2.45) is 0 Å². The third-order valence-corrected chi connectivity index (χ3v) is 6.15. The normalized spacial score (nSPS) is 15.7. The van der Waals surface area contributed by atoms with Gasteiger partial charge in [-0.05, 0) is 49.5 Å². The van der Waals surface area contributed by atoms with Gasteiger partial charge < -0.3 is 9.80 Å². The largest absolute Gasteiger partial charge is 0.369 e. The number of piperazine rings is 1. The van der Waals surface area contributed by atoms with Crippen LogP contribution in [0, 0.1) is 0 Å². The molecule has 1 heterocycles. The Morgan fingerprint density at radius 3 is 2.31 bits per heavy atom. The number of likely N-dealkylation sites (N-methyl/N-ethyl adjacent to an activating group) is 1. The lowest BCUT2D eigenvalue weighted by Crippen LogP contribution is -2.44. The summed E-state index contributed by atoms with van der Waals surface area (Å²) in [5.74, 6) is -0.644. The van der Waals surface area contributed by atoms with E-state index in [-0.39, 0.29) is 4.90 Å². The number of hydrogen-bond acceptors (Lipinski definition) is 5. The molecule has 1 N–H and O–H groups in total. The van der Waals surface area contributed by atoms with Gasteiger partial charge in [-0.1, -0.05) is 22.0 Å². The van der Waals surface area contributed by atoms with E-state index in [0.717, 1.165) is 31.9 Å². The number of carbonyl (C=O) groups excluding carboxylic acids is 1. The van der Waals surface area contributed by atoms with E-state index in [9.17, 15) is 13.2 Å². The van der Waals surface area contributed by atoms with Gasteiger partial charge in [-0.2, -0.15) is 0 Å². The Labute approximate surface area is 162 Å². The number of amides is 1. The Hall–Kier alpha value is -1.90. The van der Waals surface area contributed by atoms with Crippen molar-refractivity contribution in [3.63, 3.8) is 0 Å². The van der Waals surface area contributed by atoms with Crippen molar-refractivity contribution in [3.05, 3.63) is 58.6 Å². The molecular formula is C18H20BrN3O3S. The van der Waals surface area contributed by atoms with Crippen LogP contribution in [0.4, 0.5) is 5.69 Å². The zero-order valence-corrected chi connectivity index (χ0v) is 16.8. The highest BCUT2D eigenvalue weighted by atomic mass is 79.9. The van der Waals surface area contributed by atoms with Crippen molar-refractivity contribution in [2.75, 3.05) is 38.1 Å². The van der Waals surface area contributed by atoms with Gasteiger partial charge in [0, 0.05) is 41.9 Å². The Morgan fingerprint density at radius 2 is 1.69 bits per heavy atom. The molecule has 0 unspecified atom stereocenters. The minimum atomic E-state index is -3.91. The molecule has 1 amide bonds. The molecule has 3 rings (SSSR count). The molecule has 1 aliphatic rings. The molecule has 0 atom stereocenters. The molecule has 6 nitrogen and oxygen atoms in total. The van der Waals surface area contributed by atoms with Crippen LogP contribution in [-0.4, -0.2) is 52.5 Å². The molecule has 1 fully saturated rings. The van der Waals surface area contributed by atoms with Crippen molar-refractivity contribution in [2.45, 2.75) is 4.90 Å². The number of nitrogens with one attached hydrogen (secondary N) is 1. The van der Waals surface area contributed by atoms with Crippen LogP contribution in [-0.2, 0) is 10.0 Å². The Kier molecular flexibility index (Phi) is 5.64. The van der Waals surface area contributed by atoms with Crippen molar-refractivity contribution in [1.29, 1.82) is 0 Å². The number of sulfonamides is 1. The van der Waals surface area contributed by atoms with Crippen LogP contribution in [0.3, 0.4) is 0 Å². The van der Waals surface area contributed by atoms with E-state index in [1.54, 1.807) is 24.3 Å².